The van der Waals surface area contributed by atoms with Crippen molar-refractivity contribution < 1.29 is 4.74 Å². The fourth-order valence-corrected chi connectivity index (χ4v) is 1.55. The number of ether oxygens (including phenoxy) is 1. The Morgan fingerprint density at radius 1 is 0.944 bits per heavy atom. The van der Waals surface area contributed by atoms with Crippen molar-refractivity contribution in [3.63, 3.8) is 0 Å². The molecule has 0 radical (unpaired) electrons. The van der Waals surface area contributed by atoms with Crippen molar-refractivity contribution in [3.05, 3.63) is 54.1 Å². The van der Waals surface area contributed by atoms with Crippen molar-refractivity contribution in [1.82, 2.24) is 0 Å². The van der Waals surface area contributed by atoms with Gasteiger partial charge in [-0.3, -0.25) is 5.84 Å². The summed E-state index contributed by atoms with van der Waals surface area (Å²) in [5.41, 5.74) is 4.74. The number of aryl methyl sites for hydroxylation is 1. The number of anilines is 1. The van der Waals surface area contributed by atoms with Crippen LogP contribution >= 0.6 is 12.4 Å². The smallest absolute Gasteiger partial charge is 0.127 e. The summed E-state index contributed by atoms with van der Waals surface area (Å²) in [5, 5.41) is 0. The van der Waals surface area contributed by atoms with Crippen LogP contribution in [0.2, 0.25) is 0 Å². The van der Waals surface area contributed by atoms with E-state index < -0.39 is 0 Å². The molecule has 0 bridgehead atoms. The van der Waals surface area contributed by atoms with Gasteiger partial charge in [-0.05, 0) is 48.4 Å². The predicted molar refractivity (Wildman–Crippen MR) is 77.4 cm³/mol. The Balaban J connectivity index is 0.00000162. The number of rotatable bonds is 4. The van der Waals surface area contributed by atoms with Crippen LogP contribution in [0.1, 0.15) is 12.5 Å². The van der Waals surface area contributed by atoms with Crippen LogP contribution in [-0.4, -0.2) is 0 Å². The van der Waals surface area contributed by atoms with Gasteiger partial charge in [0.1, 0.15) is 11.5 Å². The number of nitrogens with two attached hydrogens (primary N) is 1. The Labute approximate surface area is 113 Å². The Bertz CT molecular complexity index is 423. The lowest BCUT2D eigenvalue weighted by atomic mass is 10.2. The van der Waals surface area contributed by atoms with Gasteiger partial charge in [0.25, 0.3) is 0 Å². The summed E-state index contributed by atoms with van der Waals surface area (Å²) < 4.78 is 5.71. The largest absolute Gasteiger partial charge is 0.457 e. The number of hydrogen-bond donors (Lipinski definition) is 2. The van der Waals surface area contributed by atoms with E-state index in [0.29, 0.717) is 0 Å². The third-order valence-electron chi connectivity index (χ3n) is 2.59. The summed E-state index contributed by atoms with van der Waals surface area (Å²) in [5.74, 6) is 6.94. The molecular formula is C14H17ClN2O. The van der Waals surface area contributed by atoms with Crippen molar-refractivity contribution in [2.45, 2.75) is 13.3 Å². The minimum absolute atomic E-state index is 0. The summed E-state index contributed by atoms with van der Waals surface area (Å²) in [6.45, 7) is 2.13. The zero-order valence-electron chi connectivity index (χ0n) is 10.2. The van der Waals surface area contributed by atoms with Crippen LogP contribution in [0, 0.1) is 0 Å². The molecule has 0 saturated carbocycles. The van der Waals surface area contributed by atoms with E-state index in [1.807, 2.05) is 36.4 Å². The fourth-order valence-electron chi connectivity index (χ4n) is 1.55. The Morgan fingerprint density at radius 2 is 1.44 bits per heavy atom. The molecular weight excluding hydrogens is 248 g/mol. The van der Waals surface area contributed by atoms with E-state index in [0.717, 1.165) is 23.6 Å². The Hall–Kier alpha value is -1.71. The molecule has 0 aromatic heterocycles. The molecule has 0 unspecified atom stereocenters. The maximum Gasteiger partial charge on any atom is 0.127 e. The molecule has 18 heavy (non-hydrogen) atoms. The monoisotopic (exact) mass is 264 g/mol. The SMILES string of the molecule is CCc1ccc(Oc2ccc(NN)cc2)cc1.Cl. The van der Waals surface area contributed by atoms with Gasteiger partial charge in [0, 0.05) is 5.69 Å². The average Bonchev–Trinajstić information content (AvgIpc) is 2.40. The number of hydrazine groups is 1. The van der Waals surface area contributed by atoms with Crippen LogP contribution in [-0.2, 0) is 6.42 Å². The molecule has 0 heterocycles. The minimum atomic E-state index is 0. The van der Waals surface area contributed by atoms with Gasteiger partial charge in [-0.2, -0.15) is 0 Å². The molecule has 2 aromatic carbocycles. The summed E-state index contributed by atoms with van der Waals surface area (Å²) in [4.78, 5) is 0. The van der Waals surface area contributed by atoms with Crippen LogP contribution in [0.25, 0.3) is 0 Å². The molecule has 96 valence electrons. The number of benzene rings is 2. The molecule has 3 N–H and O–H groups in total. The third kappa shape index (κ3) is 3.65. The lowest BCUT2D eigenvalue weighted by molar-refractivity contribution is 0.482. The highest BCUT2D eigenvalue weighted by Gasteiger charge is 1.97. The van der Waals surface area contributed by atoms with Crippen molar-refractivity contribution >= 4 is 18.1 Å². The molecule has 4 heteroatoms. The molecule has 0 aliphatic rings. The second-order valence-electron chi connectivity index (χ2n) is 3.77. The molecule has 0 atom stereocenters. The maximum absolute atomic E-state index is 5.71. The van der Waals surface area contributed by atoms with Crippen LogP contribution in [0.4, 0.5) is 5.69 Å². The van der Waals surface area contributed by atoms with Crippen molar-refractivity contribution in [3.8, 4) is 11.5 Å². The Kier molecular flexibility index (Phi) is 5.49. The first kappa shape index (κ1) is 14.4. The molecule has 2 rings (SSSR count). The minimum Gasteiger partial charge on any atom is -0.457 e. The van der Waals surface area contributed by atoms with Crippen molar-refractivity contribution in [2.75, 3.05) is 5.43 Å². The van der Waals surface area contributed by atoms with Crippen LogP contribution in [0.5, 0.6) is 11.5 Å². The topological polar surface area (TPSA) is 47.3 Å². The second-order valence-corrected chi connectivity index (χ2v) is 3.77. The highest BCUT2D eigenvalue weighted by molar-refractivity contribution is 5.85. The molecule has 0 aliphatic heterocycles. The molecule has 0 saturated heterocycles. The zero-order chi connectivity index (χ0) is 12.1. The molecule has 0 spiro atoms. The average molecular weight is 265 g/mol. The highest BCUT2D eigenvalue weighted by atomic mass is 35.5. The Morgan fingerprint density at radius 3 is 1.89 bits per heavy atom. The van der Waals surface area contributed by atoms with E-state index in [1.54, 1.807) is 0 Å². The summed E-state index contributed by atoms with van der Waals surface area (Å²) in [7, 11) is 0. The van der Waals surface area contributed by atoms with Gasteiger partial charge in [-0.25, -0.2) is 0 Å². The number of halogens is 1. The van der Waals surface area contributed by atoms with Gasteiger partial charge in [0.05, 0.1) is 0 Å². The molecule has 2 aromatic rings. The highest BCUT2D eigenvalue weighted by Crippen LogP contribution is 2.23. The lowest BCUT2D eigenvalue weighted by Crippen LogP contribution is -2.05. The predicted octanol–water partition coefficient (Wildman–Crippen LogP) is 3.75. The first-order valence-corrected chi connectivity index (χ1v) is 5.65. The van der Waals surface area contributed by atoms with Crippen molar-refractivity contribution in [1.29, 1.82) is 0 Å². The normalized spacial score (nSPS) is 9.44. The summed E-state index contributed by atoms with van der Waals surface area (Å²) >= 11 is 0. The van der Waals surface area contributed by atoms with E-state index >= 15 is 0 Å². The van der Waals surface area contributed by atoms with Gasteiger partial charge < -0.3 is 10.2 Å². The number of nitrogens with one attached hydrogen (secondary N) is 1. The second kappa shape index (κ2) is 6.89. The van der Waals surface area contributed by atoms with E-state index in [2.05, 4.69) is 24.5 Å². The van der Waals surface area contributed by atoms with Crippen LogP contribution in [0.15, 0.2) is 48.5 Å². The van der Waals surface area contributed by atoms with Gasteiger partial charge >= 0.3 is 0 Å². The third-order valence-corrected chi connectivity index (χ3v) is 2.59. The van der Waals surface area contributed by atoms with Gasteiger partial charge in [0.2, 0.25) is 0 Å². The first-order valence-electron chi connectivity index (χ1n) is 5.65. The quantitative estimate of drug-likeness (QED) is 0.653. The van der Waals surface area contributed by atoms with E-state index in [1.165, 1.54) is 5.56 Å². The van der Waals surface area contributed by atoms with Gasteiger partial charge in [0.15, 0.2) is 0 Å². The van der Waals surface area contributed by atoms with Crippen molar-refractivity contribution in [2.24, 2.45) is 5.84 Å². The van der Waals surface area contributed by atoms with Gasteiger partial charge in [-0.1, -0.05) is 19.1 Å². The summed E-state index contributed by atoms with van der Waals surface area (Å²) in [6.07, 6.45) is 1.04. The van der Waals surface area contributed by atoms with E-state index in [9.17, 15) is 0 Å². The number of nitrogen functional groups attached to an aromatic ring is 1. The zero-order valence-corrected chi connectivity index (χ0v) is 11.0. The lowest BCUT2D eigenvalue weighted by Gasteiger charge is -2.07. The fraction of sp³-hybridized carbons (Fsp3) is 0.143. The molecule has 3 nitrogen and oxygen atoms in total. The molecule has 0 fully saturated rings. The standard InChI is InChI=1S/C14H16N2O.ClH/c1-2-11-3-7-13(8-4-11)17-14-9-5-12(16-15)6-10-14;/h3-10,16H,2,15H2,1H3;1H. The van der Waals surface area contributed by atoms with Crippen LogP contribution < -0.4 is 16.0 Å². The van der Waals surface area contributed by atoms with E-state index in [4.69, 9.17) is 10.6 Å². The van der Waals surface area contributed by atoms with E-state index in [-0.39, 0.29) is 12.4 Å². The van der Waals surface area contributed by atoms with Gasteiger partial charge in [-0.15, -0.1) is 12.4 Å². The first-order chi connectivity index (χ1) is 8.31. The number of hydrogen-bond acceptors (Lipinski definition) is 3. The maximum atomic E-state index is 5.71. The molecule has 0 aliphatic carbocycles. The van der Waals surface area contributed by atoms with Crippen LogP contribution in [0.3, 0.4) is 0 Å². The molecule has 0 amide bonds. The summed E-state index contributed by atoms with van der Waals surface area (Å²) in [6, 6.07) is 15.6.